The topological polar surface area (TPSA) is 52.0 Å². The fourth-order valence-corrected chi connectivity index (χ4v) is 3.51. The van der Waals surface area contributed by atoms with Gasteiger partial charge in [-0.05, 0) is 32.2 Å². The fraction of sp³-hybridized carbons (Fsp3) is 0.857. The van der Waals surface area contributed by atoms with Crippen LogP contribution in [-0.4, -0.2) is 39.6 Å². The smallest absolute Gasteiger partial charge is 0.138 e. The SMILES string of the molecule is CCCNC(Cc1ncnn1C)C1CC2CCC1O2. The van der Waals surface area contributed by atoms with Gasteiger partial charge >= 0.3 is 0 Å². The molecule has 3 heterocycles. The Hall–Kier alpha value is -0.940. The van der Waals surface area contributed by atoms with Crippen LogP contribution in [0.3, 0.4) is 0 Å². The van der Waals surface area contributed by atoms with E-state index in [4.69, 9.17) is 4.74 Å². The van der Waals surface area contributed by atoms with E-state index >= 15 is 0 Å². The van der Waals surface area contributed by atoms with E-state index in [1.54, 1.807) is 6.33 Å². The minimum absolute atomic E-state index is 0.465. The molecule has 0 aromatic carbocycles. The molecule has 0 aliphatic carbocycles. The highest BCUT2D eigenvalue weighted by Crippen LogP contribution is 2.40. The van der Waals surface area contributed by atoms with Gasteiger partial charge in [-0.25, -0.2) is 4.98 Å². The van der Waals surface area contributed by atoms with Crippen LogP contribution in [0.5, 0.6) is 0 Å². The summed E-state index contributed by atoms with van der Waals surface area (Å²) in [6.07, 6.45) is 8.44. The minimum atomic E-state index is 0.465. The number of nitrogens with zero attached hydrogens (tertiary/aromatic N) is 3. The van der Waals surface area contributed by atoms with Crippen molar-refractivity contribution in [2.75, 3.05) is 6.54 Å². The largest absolute Gasteiger partial charge is 0.375 e. The third-order valence-electron chi connectivity index (χ3n) is 4.53. The number of aromatic nitrogens is 3. The molecule has 0 radical (unpaired) electrons. The van der Waals surface area contributed by atoms with Crippen molar-refractivity contribution in [2.45, 2.75) is 57.3 Å². The number of hydrogen-bond acceptors (Lipinski definition) is 4. The second-order valence-electron chi connectivity index (χ2n) is 5.84. The Morgan fingerprint density at radius 2 is 2.42 bits per heavy atom. The molecule has 2 aliphatic heterocycles. The molecule has 19 heavy (non-hydrogen) atoms. The second-order valence-corrected chi connectivity index (χ2v) is 5.84. The summed E-state index contributed by atoms with van der Waals surface area (Å²) < 4.78 is 7.90. The normalized spacial score (nSPS) is 30.9. The van der Waals surface area contributed by atoms with Gasteiger partial charge in [-0.15, -0.1) is 0 Å². The number of aryl methyl sites for hydroxylation is 1. The summed E-state index contributed by atoms with van der Waals surface area (Å²) in [5, 5.41) is 7.87. The first-order valence-electron chi connectivity index (χ1n) is 7.49. The lowest BCUT2D eigenvalue weighted by molar-refractivity contribution is 0.0855. The summed E-state index contributed by atoms with van der Waals surface area (Å²) in [6, 6.07) is 0.471. The van der Waals surface area contributed by atoms with E-state index in [-0.39, 0.29) is 0 Å². The predicted molar refractivity (Wildman–Crippen MR) is 72.8 cm³/mol. The zero-order chi connectivity index (χ0) is 13.2. The van der Waals surface area contributed by atoms with Crippen LogP contribution in [0.15, 0.2) is 6.33 Å². The lowest BCUT2D eigenvalue weighted by Gasteiger charge is -2.29. The van der Waals surface area contributed by atoms with Gasteiger partial charge in [0, 0.05) is 25.4 Å². The van der Waals surface area contributed by atoms with Crippen LogP contribution in [-0.2, 0) is 18.2 Å². The van der Waals surface area contributed by atoms with Gasteiger partial charge in [0.25, 0.3) is 0 Å². The van der Waals surface area contributed by atoms with Crippen LogP contribution in [0, 0.1) is 5.92 Å². The van der Waals surface area contributed by atoms with E-state index in [0.29, 0.717) is 24.2 Å². The number of rotatable bonds is 6. The summed E-state index contributed by atoms with van der Waals surface area (Å²) in [7, 11) is 1.97. The zero-order valence-electron chi connectivity index (χ0n) is 11.9. The van der Waals surface area contributed by atoms with Gasteiger partial charge in [-0.3, -0.25) is 4.68 Å². The molecule has 0 amide bonds. The molecule has 2 bridgehead atoms. The predicted octanol–water partition coefficient (Wildman–Crippen LogP) is 1.29. The molecule has 2 aliphatic rings. The lowest BCUT2D eigenvalue weighted by Crippen LogP contribution is -2.43. The molecule has 1 aromatic rings. The third kappa shape index (κ3) is 2.67. The Morgan fingerprint density at radius 3 is 3.00 bits per heavy atom. The molecule has 5 nitrogen and oxygen atoms in total. The molecule has 3 rings (SSSR count). The summed E-state index contributed by atoms with van der Waals surface area (Å²) in [6.45, 7) is 3.28. The average molecular weight is 264 g/mol. The minimum Gasteiger partial charge on any atom is -0.375 e. The number of fused-ring (bicyclic) bond motifs is 2. The highest BCUT2D eigenvalue weighted by atomic mass is 16.5. The van der Waals surface area contributed by atoms with Gasteiger partial charge in [0.1, 0.15) is 12.2 Å². The fourth-order valence-electron chi connectivity index (χ4n) is 3.51. The van der Waals surface area contributed by atoms with Crippen molar-refractivity contribution >= 4 is 0 Å². The Labute approximate surface area is 114 Å². The average Bonchev–Trinajstić information content (AvgIpc) is 3.11. The maximum Gasteiger partial charge on any atom is 0.138 e. The molecule has 0 spiro atoms. The van der Waals surface area contributed by atoms with Gasteiger partial charge < -0.3 is 10.1 Å². The first kappa shape index (κ1) is 13.1. The van der Waals surface area contributed by atoms with Gasteiger partial charge in [0.15, 0.2) is 0 Å². The maximum atomic E-state index is 6.01. The molecule has 4 atom stereocenters. The first-order chi connectivity index (χ1) is 9.28. The van der Waals surface area contributed by atoms with Crippen LogP contribution < -0.4 is 5.32 Å². The number of ether oxygens (including phenoxy) is 1. The van der Waals surface area contributed by atoms with Crippen molar-refractivity contribution < 1.29 is 4.74 Å². The quantitative estimate of drug-likeness (QED) is 0.841. The summed E-state index contributed by atoms with van der Waals surface area (Å²) >= 11 is 0. The van der Waals surface area contributed by atoms with Crippen molar-refractivity contribution in [3.63, 3.8) is 0 Å². The van der Waals surface area contributed by atoms with Crippen molar-refractivity contribution in [1.82, 2.24) is 20.1 Å². The summed E-state index contributed by atoms with van der Waals surface area (Å²) in [4.78, 5) is 4.37. The molecule has 2 fully saturated rings. The summed E-state index contributed by atoms with van der Waals surface area (Å²) in [5.74, 6) is 1.71. The van der Waals surface area contributed by atoms with E-state index < -0.39 is 0 Å². The molecular weight excluding hydrogens is 240 g/mol. The molecular formula is C14H24N4O. The van der Waals surface area contributed by atoms with E-state index in [9.17, 15) is 0 Å². The Kier molecular flexibility index (Phi) is 3.84. The zero-order valence-corrected chi connectivity index (χ0v) is 11.9. The van der Waals surface area contributed by atoms with Gasteiger partial charge in [-0.1, -0.05) is 6.92 Å². The van der Waals surface area contributed by atoms with Crippen LogP contribution in [0.1, 0.15) is 38.4 Å². The molecule has 0 saturated carbocycles. The van der Waals surface area contributed by atoms with Crippen LogP contribution >= 0.6 is 0 Å². The highest BCUT2D eigenvalue weighted by Gasteiger charge is 2.44. The Balaban J connectivity index is 1.68. The van der Waals surface area contributed by atoms with Gasteiger partial charge in [-0.2, -0.15) is 5.10 Å². The molecule has 1 aromatic heterocycles. The van der Waals surface area contributed by atoms with E-state index in [2.05, 4.69) is 22.3 Å². The molecule has 2 saturated heterocycles. The molecule has 106 valence electrons. The summed E-state index contributed by atoms with van der Waals surface area (Å²) in [5.41, 5.74) is 0. The lowest BCUT2D eigenvalue weighted by atomic mass is 9.82. The van der Waals surface area contributed by atoms with Crippen molar-refractivity contribution in [3.8, 4) is 0 Å². The van der Waals surface area contributed by atoms with Crippen molar-refractivity contribution in [1.29, 1.82) is 0 Å². The number of hydrogen-bond donors (Lipinski definition) is 1. The molecule has 1 N–H and O–H groups in total. The van der Waals surface area contributed by atoms with Crippen LogP contribution in [0.2, 0.25) is 0 Å². The molecule has 5 heteroatoms. The van der Waals surface area contributed by atoms with Gasteiger partial charge in [0.05, 0.1) is 12.2 Å². The highest BCUT2D eigenvalue weighted by molar-refractivity contribution is 4.99. The van der Waals surface area contributed by atoms with E-state index in [1.165, 1.54) is 19.3 Å². The third-order valence-corrected chi connectivity index (χ3v) is 4.53. The van der Waals surface area contributed by atoms with Crippen molar-refractivity contribution in [3.05, 3.63) is 12.2 Å². The monoisotopic (exact) mass is 264 g/mol. The van der Waals surface area contributed by atoms with Crippen LogP contribution in [0.25, 0.3) is 0 Å². The van der Waals surface area contributed by atoms with E-state index in [0.717, 1.165) is 25.2 Å². The molecule has 4 unspecified atom stereocenters. The van der Waals surface area contributed by atoms with Crippen LogP contribution in [0.4, 0.5) is 0 Å². The van der Waals surface area contributed by atoms with E-state index in [1.807, 2.05) is 11.7 Å². The Morgan fingerprint density at radius 1 is 1.53 bits per heavy atom. The maximum absolute atomic E-state index is 6.01. The first-order valence-corrected chi connectivity index (χ1v) is 7.49. The second kappa shape index (κ2) is 5.59. The standard InChI is InChI=1S/C14H24N4O/c1-3-6-15-12(8-14-16-9-17-18(14)2)11-7-10-4-5-13(11)19-10/h9-13,15H,3-8H2,1-2H3. The van der Waals surface area contributed by atoms with Crippen molar-refractivity contribution in [2.24, 2.45) is 13.0 Å². The number of nitrogens with one attached hydrogen (secondary N) is 1. The Bertz CT molecular complexity index is 419. The van der Waals surface area contributed by atoms with Gasteiger partial charge in [0.2, 0.25) is 0 Å².